The highest BCUT2D eigenvalue weighted by Gasteiger charge is 2.19. The first-order chi connectivity index (χ1) is 22.4. The number of anilines is 3. The SMILES string of the molecule is O=C(Nc1ccc(SCC(=O)N(c2ccccc2)c2ccccc2)cc1)/C(=C/c1ccc([N+](=O)[O-])cc1)NC(=O)c1ccccc1. The van der Waals surface area contributed by atoms with Gasteiger partial charge in [-0.25, -0.2) is 0 Å². The van der Waals surface area contributed by atoms with E-state index >= 15 is 0 Å². The molecule has 9 nitrogen and oxygen atoms in total. The topological polar surface area (TPSA) is 122 Å². The second-order valence-corrected chi connectivity index (χ2v) is 10.9. The van der Waals surface area contributed by atoms with Crippen molar-refractivity contribution >= 4 is 58.3 Å². The molecule has 46 heavy (non-hydrogen) atoms. The van der Waals surface area contributed by atoms with E-state index in [1.807, 2.05) is 60.7 Å². The predicted octanol–water partition coefficient (Wildman–Crippen LogP) is 7.46. The van der Waals surface area contributed by atoms with Crippen molar-refractivity contribution in [1.82, 2.24) is 5.32 Å². The molecule has 0 aliphatic rings. The number of carbonyl (C=O) groups excluding carboxylic acids is 3. The molecule has 0 radical (unpaired) electrons. The van der Waals surface area contributed by atoms with Gasteiger partial charge in [-0.1, -0.05) is 54.6 Å². The van der Waals surface area contributed by atoms with Gasteiger partial charge >= 0.3 is 0 Å². The van der Waals surface area contributed by atoms with Gasteiger partial charge in [0.25, 0.3) is 17.5 Å². The third kappa shape index (κ3) is 8.34. The number of nitro groups is 1. The van der Waals surface area contributed by atoms with Crippen LogP contribution in [0.2, 0.25) is 0 Å². The van der Waals surface area contributed by atoms with Crippen LogP contribution in [-0.2, 0) is 9.59 Å². The lowest BCUT2D eigenvalue weighted by Gasteiger charge is -2.23. The van der Waals surface area contributed by atoms with E-state index in [-0.39, 0.29) is 23.0 Å². The smallest absolute Gasteiger partial charge is 0.272 e. The quantitative estimate of drug-likeness (QED) is 0.0678. The Morgan fingerprint density at radius 3 is 1.80 bits per heavy atom. The number of amides is 3. The number of para-hydroxylation sites is 2. The Morgan fingerprint density at radius 2 is 1.26 bits per heavy atom. The lowest BCUT2D eigenvalue weighted by molar-refractivity contribution is -0.384. The van der Waals surface area contributed by atoms with Gasteiger partial charge in [0.1, 0.15) is 5.70 Å². The first-order valence-corrected chi connectivity index (χ1v) is 15.2. The number of nitrogens with zero attached hydrogens (tertiary/aromatic N) is 2. The van der Waals surface area contributed by atoms with Crippen molar-refractivity contribution in [3.05, 3.63) is 166 Å². The third-order valence-corrected chi connectivity index (χ3v) is 7.69. The average Bonchev–Trinajstić information content (AvgIpc) is 3.09. The zero-order valence-corrected chi connectivity index (χ0v) is 25.2. The summed E-state index contributed by atoms with van der Waals surface area (Å²) in [6.07, 6.45) is 1.45. The molecule has 5 aromatic carbocycles. The number of thioether (sulfide) groups is 1. The Labute approximate surface area is 269 Å². The van der Waals surface area contributed by atoms with E-state index in [1.165, 1.54) is 42.1 Å². The summed E-state index contributed by atoms with van der Waals surface area (Å²) in [7, 11) is 0. The predicted molar refractivity (Wildman–Crippen MR) is 181 cm³/mol. The van der Waals surface area contributed by atoms with Gasteiger partial charge < -0.3 is 10.6 Å². The van der Waals surface area contributed by atoms with Crippen LogP contribution >= 0.6 is 11.8 Å². The molecule has 228 valence electrons. The standard InChI is InChI=1S/C36H28N4O5S/c41-34(39(29-12-6-2-7-13-29)30-14-8-3-9-15-30)25-46-32-22-18-28(19-23-32)37-36(43)33(38-35(42)27-10-4-1-5-11-27)24-26-16-20-31(21-17-26)40(44)45/h1-24H,25H2,(H,37,43)(H,38,42)/b33-24-. The molecule has 0 bridgehead atoms. The van der Waals surface area contributed by atoms with Gasteiger partial charge in [-0.3, -0.25) is 29.4 Å². The molecule has 3 amide bonds. The van der Waals surface area contributed by atoms with Gasteiger partial charge in [-0.15, -0.1) is 11.8 Å². The summed E-state index contributed by atoms with van der Waals surface area (Å²) in [6, 6.07) is 40.0. The van der Waals surface area contributed by atoms with Crippen LogP contribution in [0.25, 0.3) is 6.08 Å². The number of non-ortho nitro benzene ring substituents is 1. The molecule has 0 unspecified atom stereocenters. The maximum absolute atomic E-state index is 13.4. The zero-order chi connectivity index (χ0) is 32.3. The second-order valence-electron chi connectivity index (χ2n) is 9.89. The van der Waals surface area contributed by atoms with E-state index in [0.717, 1.165) is 16.3 Å². The van der Waals surface area contributed by atoms with Gasteiger partial charge in [0.05, 0.1) is 10.7 Å². The second kappa shape index (κ2) is 15.1. The van der Waals surface area contributed by atoms with Crippen molar-refractivity contribution in [2.45, 2.75) is 4.90 Å². The summed E-state index contributed by atoms with van der Waals surface area (Å²) in [4.78, 5) is 52.6. The molecule has 0 aliphatic carbocycles. The molecule has 0 aliphatic heterocycles. The van der Waals surface area contributed by atoms with Crippen LogP contribution in [0.15, 0.2) is 150 Å². The fourth-order valence-corrected chi connectivity index (χ4v) is 5.18. The lowest BCUT2D eigenvalue weighted by Crippen LogP contribution is -2.30. The van der Waals surface area contributed by atoms with Crippen LogP contribution in [0.4, 0.5) is 22.7 Å². The van der Waals surface area contributed by atoms with Crippen molar-refractivity contribution in [3.63, 3.8) is 0 Å². The Bertz CT molecular complexity index is 1810. The van der Waals surface area contributed by atoms with Crippen LogP contribution in [0.5, 0.6) is 0 Å². The largest absolute Gasteiger partial charge is 0.321 e. The van der Waals surface area contributed by atoms with Crippen molar-refractivity contribution < 1.29 is 19.3 Å². The first kappa shape index (κ1) is 31.4. The molecule has 0 saturated heterocycles. The van der Waals surface area contributed by atoms with Gasteiger partial charge in [0, 0.05) is 39.7 Å². The highest BCUT2D eigenvalue weighted by atomic mass is 32.2. The van der Waals surface area contributed by atoms with Gasteiger partial charge in [-0.2, -0.15) is 0 Å². The molecule has 0 fully saturated rings. The number of nitro benzene ring substituents is 1. The summed E-state index contributed by atoms with van der Waals surface area (Å²) in [6.45, 7) is 0. The molecular formula is C36H28N4O5S. The fraction of sp³-hybridized carbons (Fsp3) is 0.0278. The Hall–Kier alpha value is -6.00. The lowest BCUT2D eigenvalue weighted by atomic mass is 10.1. The van der Waals surface area contributed by atoms with Crippen LogP contribution < -0.4 is 15.5 Å². The number of hydrogen-bond acceptors (Lipinski definition) is 6. The van der Waals surface area contributed by atoms with Crippen molar-refractivity contribution in [2.24, 2.45) is 0 Å². The molecule has 10 heteroatoms. The van der Waals surface area contributed by atoms with E-state index in [9.17, 15) is 24.5 Å². The van der Waals surface area contributed by atoms with Crippen LogP contribution in [-0.4, -0.2) is 28.4 Å². The van der Waals surface area contributed by atoms with E-state index in [2.05, 4.69) is 10.6 Å². The van der Waals surface area contributed by atoms with Crippen molar-refractivity contribution in [1.29, 1.82) is 0 Å². The normalized spacial score (nSPS) is 10.9. The minimum Gasteiger partial charge on any atom is -0.321 e. The molecule has 0 heterocycles. The van der Waals surface area contributed by atoms with E-state index in [0.29, 0.717) is 16.8 Å². The Kier molecular flexibility index (Phi) is 10.3. The maximum Gasteiger partial charge on any atom is 0.272 e. The summed E-state index contributed by atoms with van der Waals surface area (Å²) < 4.78 is 0. The van der Waals surface area contributed by atoms with Gasteiger partial charge in [0.2, 0.25) is 5.91 Å². The number of benzene rings is 5. The first-order valence-electron chi connectivity index (χ1n) is 14.2. The van der Waals surface area contributed by atoms with Crippen molar-refractivity contribution in [2.75, 3.05) is 16.0 Å². The molecule has 0 atom stereocenters. The minimum atomic E-state index is -0.584. The number of carbonyl (C=O) groups is 3. The van der Waals surface area contributed by atoms with Crippen molar-refractivity contribution in [3.8, 4) is 0 Å². The van der Waals surface area contributed by atoms with Crippen LogP contribution in [0, 0.1) is 10.1 Å². The fourth-order valence-electron chi connectivity index (χ4n) is 4.44. The summed E-state index contributed by atoms with van der Waals surface area (Å²) in [5.74, 6) is -0.974. The molecule has 0 spiro atoms. The molecule has 5 aromatic rings. The zero-order valence-electron chi connectivity index (χ0n) is 24.4. The third-order valence-electron chi connectivity index (χ3n) is 6.70. The molecule has 2 N–H and O–H groups in total. The minimum absolute atomic E-state index is 0.0475. The Balaban J connectivity index is 1.28. The summed E-state index contributed by atoms with van der Waals surface area (Å²) in [5, 5.41) is 16.5. The molecular weight excluding hydrogens is 600 g/mol. The summed E-state index contributed by atoms with van der Waals surface area (Å²) in [5.41, 5.74) is 2.72. The monoisotopic (exact) mass is 628 g/mol. The number of nitrogens with one attached hydrogen (secondary N) is 2. The molecule has 0 aromatic heterocycles. The number of hydrogen-bond donors (Lipinski definition) is 2. The maximum atomic E-state index is 13.4. The van der Waals surface area contributed by atoms with E-state index in [4.69, 9.17) is 0 Å². The molecule has 0 saturated carbocycles. The van der Waals surface area contributed by atoms with Crippen LogP contribution in [0.3, 0.4) is 0 Å². The summed E-state index contributed by atoms with van der Waals surface area (Å²) >= 11 is 1.37. The van der Waals surface area contributed by atoms with Crippen LogP contribution in [0.1, 0.15) is 15.9 Å². The highest BCUT2D eigenvalue weighted by Crippen LogP contribution is 2.28. The van der Waals surface area contributed by atoms with Gasteiger partial charge in [-0.05, 0) is 84.4 Å². The highest BCUT2D eigenvalue weighted by molar-refractivity contribution is 8.00. The van der Waals surface area contributed by atoms with Gasteiger partial charge in [0.15, 0.2) is 0 Å². The Morgan fingerprint density at radius 1 is 0.717 bits per heavy atom. The van der Waals surface area contributed by atoms with E-state index in [1.54, 1.807) is 59.5 Å². The van der Waals surface area contributed by atoms with E-state index < -0.39 is 16.7 Å². The number of rotatable bonds is 11. The average molecular weight is 629 g/mol. The molecule has 5 rings (SSSR count).